The van der Waals surface area contributed by atoms with Gasteiger partial charge in [-0.05, 0) is 42.5 Å². The Bertz CT molecular complexity index is 1070. The minimum Gasteiger partial charge on any atom is -0.493 e. The van der Waals surface area contributed by atoms with E-state index in [0.717, 1.165) is 28.6 Å². The van der Waals surface area contributed by atoms with Gasteiger partial charge < -0.3 is 19.4 Å². The van der Waals surface area contributed by atoms with Crippen molar-refractivity contribution in [3.63, 3.8) is 0 Å². The molecule has 1 aliphatic rings. The van der Waals surface area contributed by atoms with E-state index in [-0.39, 0.29) is 5.56 Å². The number of benzene rings is 1. The van der Waals surface area contributed by atoms with Gasteiger partial charge in [0, 0.05) is 49.0 Å². The molecule has 4 rings (SSSR count). The number of aromatic nitrogens is 2. The lowest BCUT2D eigenvalue weighted by molar-refractivity contribution is 0.319. The summed E-state index contributed by atoms with van der Waals surface area (Å²) in [7, 11) is 3.27. The molecule has 0 radical (unpaired) electrons. The van der Waals surface area contributed by atoms with Crippen LogP contribution in [0.2, 0.25) is 0 Å². The summed E-state index contributed by atoms with van der Waals surface area (Å²) >= 11 is 0. The highest BCUT2D eigenvalue weighted by Crippen LogP contribution is 2.33. The largest absolute Gasteiger partial charge is 0.493 e. The minimum absolute atomic E-state index is 0.0731. The maximum absolute atomic E-state index is 13.5. The van der Waals surface area contributed by atoms with Crippen LogP contribution in [0.4, 0.5) is 0 Å². The zero-order valence-electron chi connectivity index (χ0n) is 18.4. The van der Waals surface area contributed by atoms with Gasteiger partial charge in [-0.1, -0.05) is 25.3 Å². The van der Waals surface area contributed by atoms with E-state index in [4.69, 9.17) is 9.47 Å². The lowest BCUT2D eigenvalue weighted by atomic mass is 9.89. The van der Waals surface area contributed by atoms with Gasteiger partial charge in [-0.25, -0.2) is 0 Å². The van der Waals surface area contributed by atoms with Gasteiger partial charge in [-0.15, -0.1) is 0 Å². The molecule has 0 atom stereocenters. The Labute approximate surface area is 183 Å². The third-order valence-corrected chi connectivity index (χ3v) is 6.21. The van der Waals surface area contributed by atoms with Crippen LogP contribution in [-0.4, -0.2) is 23.8 Å². The van der Waals surface area contributed by atoms with Crippen molar-refractivity contribution in [2.45, 2.75) is 51.7 Å². The van der Waals surface area contributed by atoms with E-state index in [0.29, 0.717) is 30.5 Å². The molecule has 0 amide bonds. The van der Waals surface area contributed by atoms with Crippen molar-refractivity contribution in [1.82, 2.24) is 14.9 Å². The van der Waals surface area contributed by atoms with Crippen molar-refractivity contribution >= 4 is 10.9 Å². The Morgan fingerprint density at radius 2 is 1.84 bits per heavy atom. The van der Waals surface area contributed by atoms with E-state index >= 15 is 0 Å². The molecule has 1 fully saturated rings. The van der Waals surface area contributed by atoms with E-state index in [1.807, 2.05) is 41.1 Å². The molecule has 0 unspecified atom stereocenters. The summed E-state index contributed by atoms with van der Waals surface area (Å²) in [5.41, 5.74) is 2.84. The number of hydrogen-bond donors (Lipinski definition) is 1. The van der Waals surface area contributed by atoms with Crippen molar-refractivity contribution in [1.29, 1.82) is 0 Å². The molecular weight excluding hydrogens is 390 g/mol. The Hall–Kier alpha value is -2.86. The Morgan fingerprint density at radius 3 is 2.55 bits per heavy atom. The average Bonchev–Trinajstić information content (AvgIpc) is 2.82. The fourth-order valence-electron chi connectivity index (χ4n) is 4.55. The highest BCUT2D eigenvalue weighted by Gasteiger charge is 2.19. The van der Waals surface area contributed by atoms with Crippen molar-refractivity contribution in [3.05, 3.63) is 64.2 Å². The zero-order valence-corrected chi connectivity index (χ0v) is 18.4. The fraction of sp³-hybridized carbons (Fsp3) is 0.440. The second kappa shape index (κ2) is 9.96. The van der Waals surface area contributed by atoms with Crippen molar-refractivity contribution in [3.8, 4) is 11.5 Å². The Kier molecular flexibility index (Phi) is 6.87. The van der Waals surface area contributed by atoms with Crippen LogP contribution in [0, 0.1) is 5.92 Å². The van der Waals surface area contributed by atoms with Gasteiger partial charge in [0.05, 0.1) is 19.7 Å². The normalized spacial score (nSPS) is 14.6. The first-order chi connectivity index (χ1) is 15.2. The van der Waals surface area contributed by atoms with E-state index in [2.05, 4.69) is 10.3 Å². The molecule has 0 aliphatic heterocycles. The smallest absolute Gasteiger partial charge is 0.255 e. The molecule has 3 aromatic rings. The topological polar surface area (TPSA) is 65.4 Å². The molecular formula is C25H31N3O3. The summed E-state index contributed by atoms with van der Waals surface area (Å²) in [6, 6.07) is 9.83. The molecule has 0 saturated heterocycles. The molecule has 0 bridgehead atoms. The van der Waals surface area contributed by atoms with Crippen LogP contribution in [0.5, 0.6) is 11.5 Å². The first-order valence-electron chi connectivity index (χ1n) is 11.1. The van der Waals surface area contributed by atoms with Gasteiger partial charge in [0.25, 0.3) is 5.56 Å². The van der Waals surface area contributed by atoms with Crippen LogP contribution in [0.25, 0.3) is 10.9 Å². The molecule has 164 valence electrons. The minimum atomic E-state index is 0.0731. The van der Waals surface area contributed by atoms with Crippen molar-refractivity contribution in [2.75, 3.05) is 14.2 Å². The fourth-order valence-corrected chi connectivity index (χ4v) is 4.55. The summed E-state index contributed by atoms with van der Waals surface area (Å²) in [6.45, 7) is 1.92. The van der Waals surface area contributed by atoms with Gasteiger partial charge >= 0.3 is 0 Å². The number of ether oxygens (including phenoxy) is 2. The number of methoxy groups -OCH3 is 2. The third kappa shape index (κ3) is 4.90. The third-order valence-electron chi connectivity index (χ3n) is 6.21. The average molecular weight is 422 g/mol. The maximum atomic E-state index is 13.5. The maximum Gasteiger partial charge on any atom is 0.255 e. The zero-order chi connectivity index (χ0) is 21.6. The highest BCUT2D eigenvalue weighted by atomic mass is 16.5. The van der Waals surface area contributed by atoms with Crippen LogP contribution in [0.3, 0.4) is 0 Å². The van der Waals surface area contributed by atoms with E-state index in [1.165, 1.54) is 32.1 Å². The molecule has 0 spiro atoms. The van der Waals surface area contributed by atoms with Gasteiger partial charge in [0.15, 0.2) is 11.5 Å². The highest BCUT2D eigenvalue weighted by molar-refractivity contribution is 5.83. The van der Waals surface area contributed by atoms with Gasteiger partial charge in [-0.3, -0.25) is 9.78 Å². The SMILES string of the molecule is COc1cc2cc(CNCc3cccnc3)c(=O)n(CC3CCCCC3)c2cc1OC. The molecule has 2 heterocycles. The molecule has 1 aromatic carbocycles. The number of pyridine rings is 2. The summed E-state index contributed by atoms with van der Waals surface area (Å²) in [5.74, 6) is 1.86. The molecule has 31 heavy (non-hydrogen) atoms. The summed E-state index contributed by atoms with van der Waals surface area (Å²) in [6.07, 6.45) is 9.77. The number of nitrogens with zero attached hydrogens (tertiary/aromatic N) is 2. The number of nitrogens with one attached hydrogen (secondary N) is 1. The number of fused-ring (bicyclic) bond motifs is 1. The van der Waals surface area contributed by atoms with Crippen LogP contribution in [0.15, 0.2) is 47.5 Å². The van der Waals surface area contributed by atoms with E-state index < -0.39 is 0 Å². The van der Waals surface area contributed by atoms with Gasteiger partial charge in [-0.2, -0.15) is 0 Å². The molecule has 1 N–H and O–H groups in total. The standard InChI is InChI=1S/C25H31N3O3/c1-30-23-12-20-11-21(16-27-15-19-9-6-10-26-14-19)25(29)28(22(20)13-24(23)31-2)17-18-7-4-3-5-8-18/h6,9-14,18,27H,3-5,7-8,15-17H2,1-2H3. The lowest BCUT2D eigenvalue weighted by Crippen LogP contribution is -2.30. The summed E-state index contributed by atoms with van der Waals surface area (Å²) in [5, 5.41) is 4.39. The van der Waals surface area contributed by atoms with Gasteiger partial charge in [0.2, 0.25) is 0 Å². The summed E-state index contributed by atoms with van der Waals surface area (Å²) in [4.78, 5) is 17.6. The Morgan fingerprint density at radius 1 is 1.06 bits per heavy atom. The van der Waals surface area contributed by atoms with E-state index in [9.17, 15) is 4.79 Å². The molecule has 1 saturated carbocycles. The van der Waals surface area contributed by atoms with Gasteiger partial charge in [0.1, 0.15) is 0 Å². The number of rotatable bonds is 8. The quantitative estimate of drug-likeness (QED) is 0.588. The number of hydrogen-bond acceptors (Lipinski definition) is 5. The predicted molar refractivity (Wildman–Crippen MR) is 123 cm³/mol. The summed E-state index contributed by atoms with van der Waals surface area (Å²) < 4.78 is 13.0. The molecule has 6 nitrogen and oxygen atoms in total. The van der Waals surface area contributed by atoms with Crippen LogP contribution in [-0.2, 0) is 19.6 Å². The molecule has 1 aliphatic carbocycles. The second-order valence-corrected chi connectivity index (χ2v) is 8.32. The van der Waals surface area contributed by atoms with E-state index in [1.54, 1.807) is 20.4 Å². The second-order valence-electron chi connectivity index (χ2n) is 8.32. The molecule has 6 heteroatoms. The predicted octanol–water partition coefficient (Wildman–Crippen LogP) is 4.28. The molecule has 2 aromatic heterocycles. The monoisotopic (exact) mass is 421 g/mol. The first-order valence-corrected chi connectivity index (χ1v) is 11.1. The first kappa shape index (κ1) is 21.4. The van der Waals surface area contributed by atoms with Crippen molar-refractivity contribution < 1.29 is 9.47 Å². The van der Waals surface area contributed by atoms with Crippen LogP contribution < -0.4 is 20.3 Å². The van der Waals surface area contributed by atoms with Crippen molar-refractivity contribution in [2.24, 2.45) is 5.92 Å². The Balaban J connectivity index is 1.69. The lowest BCUT2D eigenvalue weighted by Gasteiger charge is -2.24. The van der Waals surface area contributed by atoms with Crippen LogP contribution >= 0.6 is 0 Å². The van der Waals surface area contributed by atoms with Crippen LogP contribution in [0.1, 0.15) is 43.2 Å².